The average molecular weight is 492 g/mol. The second kappa shape index (κ2) is 18.9. The Balaban J connectivity index is 0.00000578. The van der Waals surface area contributed by atoms with Crippen molar-refractivity contribution < 1.29 is 26.4 Å². The molecule has 0 N–H and O–H groups in total. The van der Waals surface area contributed by atoms with Gasteiger partial charge in [0.05, 0.1) is 26.2 Å². The number of allylic oxidation sites excluding steroid dienone is 1. The monoisotopic (exact) mass is 491 g/mol. The number of quaternary nitrogens is 1. The van der Waals surface area contributed by atoms with Gasteiger partial charge >= 0.3 is 5.97 Å². The van der Waals surface area contributed by atoms with E-state index in [-0.39, 0.29) is 18.4 Å². The first-order valence-electron chi connectivity index (χ1n) is 13.8. The van der Waals surface area contributed by atoms with Crippen molar-refractivity contribution in [2.75, 3.05) is 32.8 Å². The summed E-state index contributed by atoms with van der Waals surface area (Å²) < 4.78 is 6.55. The maximum absolute atomic E-state index is 12.7. The van der Waals surface area contributed by atoms with Crippen LogP contribution in [0.5, 0.6) is 0 Å². The van der Waals surface area contributed by atoms with Gasteiger partial charge in [0.2, 0.25) is 0 Å². The molecule has 0 bridgehead atoms. The van der Waals surface area contributed by atoms with Gasteiger partial charge < -0.3 is 21.6 Å². The van der Waals surface area contributed by atoms with E-state index < -0.39 is 0 Å². The third-order valence-corrected chi connectivity index (χ3v) is 7.14. The number of piperidine rings is 1. The van der Waals surface area contributed by atoms with Gasteiger partial charge in [-0.05, 0) is 50.7 Å². The lowest BCUT2D eigenvalue weighted by atomic mass is 10.0. The van der Waals surface area contributed by atoms with E-state index in [2.05, 4.69) is 50.3 Å². The van der Waals surface area contributed by atoms with E-state index in [1.54, 1.807) is 0 Å². The smallest absolute Gasteiger partial charge is 0.361 e. The van der Waals surface area contributed by atoms with Crippen molar-refractivity contribution in [3.8, 4) is 0 Å². The van der Waals surface area contributed by atoms with Crippen LogP contribution in [0.15, 0.2) is 42.0 Å². The number of unbranched alkanes of at least 4 members (excludes halogenated alkanes) is 9. The highest BCUT2D eigenvalue weighted by Crippen LogP contribution is 2.20. The first-order chi connectivity index (χ1) is 16.1. The second-order valence-corrected chi connectivity index (χ2v) is 10.3. The van der Waals surface area contributed by atoms with Crippen molar-refractivity contribution >= 4 is 5.97 Å². The Hall–Kier alpha value is -1.32. The van der Waals surface area contributed by atoms with Crippen molar-refractivity contribution in [3.63, 3.8) is 0 Å². The van der Waals surface area contributed by atoms with Gasteiger partial charge in [0.25, 0.3) is 0 Å². The summed E-state index contributed by atoms with van der Waals surface area (Å²) in [6, 6.07) is 10.6. The molecule has 3 nitrogen and oxygen atoms in total. The molecule has 0 saturated carbocycles. The Morgan fingerprint density at radius 3 is 2.09 bits per heavy atom. The summed E-state index contributed by atoms with van der Waals surface area (Å²) in [7, 11) is 0. The van der Waals surface area contributed by atoms with Crippen LogP contribution in [0.3, 0.4) is 0 Å². The summed E-state index contributed by atoms with van der Waals surface area (Å²) in [5.74, 6) is 0.00179. The quantitative estimate of drug-likeness (QED) is 0.137. The Morgan fingerprint density at radius 2 is 1.47 bits per heavy atom. The Bertz CT molecular complexity index is 668. The third kappa shape index (κ3) is 13.5. The number of carbonyl (C=O) groups is 1. The van der Waals surface area contributed by atoms with E-state index >= 15 is 0 Å². The topological polar surface area (TPSA) is 26.3 Å². The summed E-state index contributed by atoms with van der Waals surface area (Å²) in [6.45, 7) is 8.77. The fourth-order valence-corrected chi connectivity index (χ4v) is 5.02. The molecule has 1 aromatic carbocycles. The van der Waals surface area contributed by atoms with E-state index in [0.717, 1.165) is 37.0 Å². The largest absolute Gasteiger partial charge is 1.00 e. The highest BCUT2D eigenvalue weighted by molar-refractivity contribution is 5.70. The molecule has 0 spiro atoms. The minimum atomic E-state index is 0. The molecule has 0 unspecified atom stereocenters. The molecular formula is C30H50ClNO2. The lowest BCUT2D eigenvalue weighted by Gasteiger charge is -2.40. The van der Waals surface area contributed by atoms with Crippen LogP contribution in [-0.4, -0.2) is 43.2 Å². The lowest BCUT2D eigenvalue weighted by Crippen LogP contribution is -3.00. The van der Waals surface area contributed by atoms with Crippen LogP contribution in [0.1, 0.15) is 103 Å². The number of ether oxygens (including phenoxy) is 1. The highest BCUT2D eigenvalue weighted by Gasteiger charge is 2.32. The maximum atomic E-state index is 12.7. The van der Waals surface area contributed by atoms with Crippen molar-refractivity contribution in [2.45, 2.75) is 104 Å². The second-order valence-electron chi connectivity index (χ2n) is 10.3. The SMILES string of the molecule is CCCCCCCCCCCCOC(=O)C[N+]1(C/C=C(\C)Cc2ccccc2)CCCCC1.[Cl-]. The van der Waals surface area contributed by atoms with Crippen LogP contribution >= 0.6 is 0 Å². The molecule has 1 fully saturated rings. The van der Waals surface area contributed by atoms with Crippen LogP contribution in [-0.2, 0) is 16.0 Å². The van der Waals surface area contributed by atoms with Crippen LogP contribution in [0.4, 0.5) is 0 Å². The van der Waals surface area contributed by atoms with Gasteiger partial charge in [0, 0.05) is 0 Å². The van der Waals surface area contributed by atoms with Crippen molar-refractivity contribution in [1.29, 1.82) is 0 Å². The Kier molecular flexibility index (Phi) is 17.1. The predicted molar refractivity (Wildman–Crippen MR) is 140 cm³/mol. The molecule has 0 atom stereocenters. The number of benzene rings is 1. The normalized spacial score (nSPS) is 15.5. The first kappa shape index (κ1) is 30.7. The van der Waals surface area contributed by atoms with Crippen LogP contribution < -0.4 is 12.4 Å². The molecule has 1 heterocycles. The standard InChI is InChI=1S/C30H50NO2.ClH/c1-3-4-5-6-7-8-9-10-11-18-25-33-30(32)27-31(22-16-13-17-23-31)24-21-28(2)26-29-19-14-12-15-20-29;/h12,14-15,19-21H,3-11,13,16-18,22-27H2,1-2H3;1H/q+1;/p-1/b28-21+;. The zero-order chi connectivity index (χ0) is 23.6. The number of rotatable bonds is 17. The van der Waals surface area contributed by atoms with Crippen LogP contribution in [0.2, 0.25) is 0 Å². The molecule has 1 aliphatic rings. The minimum Gasteiger partial charge on any atom is -1.00 e. The number of hydrogen-bond donors (Lipinski definition) is 0. The van der Waals surface area contributed by atoms with Gasteiger partial charge in [-0.15, -0.1) is 0 Å². The van der Waals surface area contributed by atoms with Gasteiger partial charge in [-0.1, -0.05) is 101 Å². The van der Waals surface area contributed by atoms with Gasteiger partial charge in [-0.2, -0.15) is 0 Å². The number of likely N-dealkylation sites (tertiary alicyclic amines) is 1. The molecule has 0 aromatic heterocycles. The highest BCUT2D eigenvalue weighted by atomic mass is 35.5. The zero-order valence-electron chi connectivity index (χ0n) is 22.0. The van der Waals surface area contributed by atoms with E-state index in [4.69, 9.17) is 4.74 Å². The minimum absolute atomic E-state index is 0. The number of nitrogens with zero attached hydrogens (tertiary/aromatic N) is 1. The zero-order valence-corrected chi connectivity index (χ0v) is 22.8. The van der Waals surface area contributed by atoms with Gasteiger partial charge in [0.15, 0.2) is 6.54 Å². The molecule has 2 rings (SSSR count). The maximum Gasteiger partial charge on any atom is 0.361 e. The first-order valence-corrected chi connectivity index (χ1v) is 13.8. The summed E-state index contributed by atoms with van der Waals surface area (Å²) in [4.78, 5) is 12.7. The number of hydrogen-bond acceptors (Lipinski definition) is 2. The molecule has 0 radical (unpaired) electrons. The van der Waals surface area contributed by atoms with E-state index in [0.29, 0.717) is 13.2 Å². The molecule has 1 saturated heterocycles. The molecule has 0 amide bonds. The molecule has 4 heteroatoms. The van der Waals surface area contributed by atoms with Crippen molar-refractivity contribution in [2.24, 2.45) is 0 Å². The average Bonchev–Trinajstić information content (AvgIpc) is 2.82. The lowest BCUT2D eigenvalue weighted by molar-refractivity contribution is -0.920. The molecular weight excluding hydrogens is 442 g/mol. The Labute approximate surface area is 216 Å². The summed E-state index contributed by atoms with van der Waals surface area (Å²) in [6.07, 6.45) is 20.1. The fraction of sp³-hybridized carbons (Fsp3) is 0.700. The molecule has 1 aromatic rings. The summed E-state index contributed by atoms with van der Waals surface area (Å²) in [5.41, 5.74) is 2.75. The third-order valence-electron chi connectivity index (χ3n) is 7.14. The van der Waals surface area contributed by atoms with Crippen LogP contribution in [0.25, 0.3) is 0 Å². The van der Waals surface area contributed by atoms with E-state index in [1.807, 2.05) is 0 Å². The van der Waals surface area contributed by atoms with Crippen molar-refractivity contribution in [3.05, 3.63) is 47.5 Å². The van der Waals surface area contributed by atoms with E-state index in [1.165, 1.54) is 88.2 Å². The van der Waals surface area contributed by atoms with Crippen molar-refractivity contribution in [1.82, 2.24) is 0 Å². The number of carbonyl (C=O) groups excluding carboxylic acids is 1. The number of halogens is 1. The summed E-state index contributed by atoms with van der Waals surface area (Å²) in [5, 5.41) is 0. The van der Waals surface area contributed by atoms with E-state index in [9.17, 15) is 4.79 Å². The van der Waals surface area contributed by atoms with Gasteiger partial charge in [-0.3, -0.25) is 0 Å². The van der Waals surface area contributed by atoms with Gasteiger partial charge in [0.1, 0.15) is 0 Å². The molecule has 194 valence electrons. The molecule has 34 heavy (non-hydrogen) atoms. The predicted octanol–water partition coefficient (Wildman–Crippen LogP) is 4.64. The van der Waals surface area contributed by atoms with Gasteiger partial charge in [-0.25, -0.2) is 4.79 Å². The number of esters is 1. The van der Waals surface area contributed by atoms with Crippen LogP contribution in [0, 0.1) is 0 Å². The summed E-state index contributed by atoms with van der Waals surface area (Å²) >= 11 is 0. The molecule has 1 aliphatic heterocycles. The fourth-order valence-electron chi connectivity index (χ4n) is 5.02. The Morgan fingerprint density at radius 1 is 0.882 bits per heavy atom. The molecule has 0 aliphatic carbocycles.